The van der Waals surface area contributed by atoms with Crippen molar-refractivity contribution in [2.45, 2.75) is 57.3 Å². The predicted octanol–water partition coefficient (Wildman–Crippen LogP) is 1.97. The van der Waals surface area contributed by atoms with Crippen LogP contribution in [0.15, 0.2) is 0 Å². The molecule has 2 rings (SSSR count). The maximum absolute atomic E-state index is 13.9. The van der Waals surface area contributed by atoms with E-state index in [4.69, 9.17) is 0 Å². The van der Waals surface area contributed by atoms with E-state index in [0.717, 1.165) is 0 Å². The lowest BCUT2D eigenvalue weighted by Crippen LogP contribution is -2.49. The van der Waals surface area contributed by atoms with Crippen molar-refractivity contribution in [3.05, 3.63) is 0 Å². The summed E-state index contributed by atoms with van der Waals surface area (Å²) in [6.45, 7) is 6.05. The van der Waals surface area contributed by atoms with Crippen LogP contribution in [0, 0.1) is 5.92 Å². The van der Waals surface area contributed by atoms with Crippen LogP contribution in [0.4, 0.5) is 13.2 Å². The summed E-state index contributed by atoms with van der Waals surface area (Å²) >= 11 is 0. The van der Waals surface area contributed by atoms with Crippen molar-refractivity contribution in [2.75, 3.05) is 13.1 Å². The summed E-state index contributed by atoms with van der Waals surface area (Å²) in [5.41, 5.74) is -0.239. The van der Waals surface area contributed by atoms with E-state index in [1.165, 1.54) is 4.90 Å². The number of carbonyl (C=O) groups is 1. The molecule has 1 N–H and O–H groups in total. The van der Waals surface area contributed by atoms with Crippen LogP contribution in [-0.2, 0) is 4.79 Å². The average Bonchev–Trinajstić information content (AvgIpc) is 2.53. The van der Waals surface area contributed by atoms with Gasteiger partial charge in [-0.25, -0.2) is 13.2 Å². The van der Waals surface area contributed by atoms with Gasteiger partial charge < -0.3 is 10.2 Å². The number of hydrogen-bond acceptors (Lipinski definition) is 2. The number of rotatable bonds is 2. The van der Waals surface area contributed by atoms with Crippen LogP contribution >= 0.6 is 0 Å². The number of amides is 1. The Hall–Kier alpha value is -0.780. The number of carbonyl (C=O) groups excluding carboxylic acids is 1. The van der Waals surface area contributed by atoms with Gasteiger partial charge in [-0.3, -0.25) is 4.79 Å². The normalized spacial score (nSPS) is 31.4. The van der Waals surface area contributed by atoms with Crippen LogP contribution in [0.25, 0.3) is 0 Å². The Balaban J connectivity index is 1.89. The Bertz CT molecular complexity index is 359. The van der Waals surface area contributed by atoms with Gasteiger partial charge in [0.1, 0.15) is 6.17 Å². The topological polar surface area (TPSA) is 32.3 Å². The smallest absolute Gasteiger partial charge is 0.249 e. The summed E-state index contributed by atoms with van der Waals surface area (Å²) in [5.74, 6) is -3.67. The number of hydrogen-bond donors (Lipinski definition) is 1. The van der Waals surface area contributed by atoms with Crippen molar-refractivity contribution in [2.24, 2.45) is 5.92 Å². The first-order valence-corrected chi connectivity index (χ1v) is 6.66. The Morgan fingerprint density at radius 1 is 1.26 bits per heavy atom. The second kappa shape index (κ2) is 4.65. The quantitative estimate of drug-likeness (QED) is 0.837. The van der Waals surface area contributed by atoms with Crippen molar-refractivity contribution >= 4 is 5.91 Å². The molecule has 0 aromatic rings. The van der Waals surface area contributed by atoms with Gasteiger partial charge in [-0.2, -0.15) is 0 Å². The van der Waals surface area contributed by atoms with Crippen LogP contribution in [0.5, 0.6) is 0 Å². The molecule has 1 saturated carbocycles. The summed E-state index contributed by atoms with van der Waals surface area (Å²) < 4.78 is 39.4. The van der Waals surface area contributed by atoms with Crippen LogP contribution in [0.3, 0.4) is 0 Å². The summed E-state index contributed by atoms with van der Waals surface area (Å²) in [6.07, 6.45) is -1.92. The van der Waals surface area contributed by atoms with E-state index in [1.54, 1.807) is 0 Å². The second-order valence-corrected chi connectivity index (χ2v) is 6.72. The first kappa shape index (κ1) is 14.6. The summed E-state index contributed by atoms with van der Waals surface area (Å²) in [6, 6.07) is -0.412. The number of halogens is 3. The van der Waals surface area contributed by atoms with Crippen LogP contribution in [0.2, 0.25) is 0 Å². The zero-order valence-corrected chi connectivity index (χ0v) is 11.5. The minimum atomic E-state index is -2.71. The van der Waals surface area contributed by atoms with E-state index >= 15 is 0 Å². The summed E-state index contributed by atoms with van der Waals surface area (Å²) in [4.78, 5) is 13.4. The zero-order valence-electron chi connectivity index (χ0n) is 11.5. The highest BCUT2D eigenvalue weighted by atomic mass is 19.3. The maximum Gasteiger partial charge on any atom is 0.249 e. The van der Waals surface area contributed by atoms with E-state index in [-0.39, 0.29) is 24.5 Å². The Labute approximate surface area is 111 Å². The minimum absolute atomic E-state index is 0.00858. The van der Waals surface area contributed by atoms with Crippen LogP contribution < -0.4 is 5.32 Å². The summed E-state index contributed by atoms with van der Waals surface area (Å²) in [7, 11) is 0. The van der Waals surface area contributed by atoms with Gasteiger partial charge in [0, 0.05) is 30.8 Å². The molecule has 1 heterocycles. The first-order valence-electron chi connectivity index (χ1n) is 6.66. The molecule has 1 saturated heterocycles. The lowest BCUT2D eigenvalue weighted by molar-refractivity contribution is -0.159. The molecule has 1 aliphatic heterocycles. The molecule has 2 fully saturated rings. The van der Waals surface area contributed by atoms with Gasteiger partial charge in [0.05, 0.1) is 12.6 Å². The standard InChI is InChI=1S/C13H21F3N2O/c1-12(2,3)17-10-7-18(6-9(10)14)11(19)8-4-13(15,16)5-8/h8-10,17H,4-7H2,1-3H3/t9-,10+/m0/s1. The largest absolute Gasteiger partial charge is 0.338 e. The fourth-order valence-electron chi connectivity index (χ4n) is 2.73. The highest BCUT2D eigenvalue weighted by molar-refractivity contribution is 5.80. The molecule has 2 atom stereocenters. The third-order valence-electron chi connectivity index (χ3n) is 3.62. The van der Waals surface area contributed by atoms with Gasteiger partial charge in [0.2, 0.25) is 11.8 Å². The van der Waals surface area contributed by atoms with Crippen LogP contribution in [-0.4, -0.2) is 47.6 Å². The van der Waals surface area contributed by atoms with Gasteiger partial charge in [-0.15, -0.1) is 0 Å². The molecule has 1 aliphatic carbocycles. The molecule has 19 heavy (non-hydrogen) atoms. The molecular formula is C13H21F3N2O. The molecular weight excluding hydrogens is 257 g/mol. The molecule has 0 spiro atoms. The summed E-state index contributed by atoms with van der Waals surface area (Å²) in [5, 5.41) is 3.13. The monoisotopic (exact) mass is 278 g/mol. The minimum Gasteiger partial charge on any atom is -0.338 e. The molecule has 0 aromatic heterocycles. The van der Waals surface area contributed by atoms with Crippen molar-refractivity contribution in [1.82, 2.24) is 10.2 Å². The molecule has 2 aliphatic rings. The Kier molecular flexibility index (Phi) is 3.58. The van der Waals surface area contributed by atoms with E-state index in [1.807, 2.05) is 20.8 Å². The van der Waals surface area contributed by atoms with Crippen LogP contribution in [0.1, 0.15) is 33.6 Å². The van der Waals surface area contributed by atoms with Crippen molar-refractivity contribution < 1.29 is 18.0 Å². The number of nitrogens with one attached hydrogen (secondary N) is 1. The number of alkyl halides is 3. The third-order valence-corrected chi connectivity index (χ3v) is 3.62. The molecule has 0 bridgehead atoms. The van der Waals surface area contributed by atoms with Gasteiger partial charge in [0.25, 0.3) is 0 Å². The zero-order chi connectivity index (χ0) is 14.4. The SMILES string of the molecule is CC(C)(C)N[C@@H]1CN(C(=O)C2CC(F)(F)C2)C[C@@H]1F. The number of nitrogens with zero attached hydrogens (tertiary/aromatic N) is 1. The van der Waals surface area contributed by atoms with E-state index in [2.05, 4.69) is 5.32 Å². The molecule has 6 heteroatoms. The van der Waals surface area contributed by atoms with Crippen molar-refractivity contribution in [3.63, 3.8) is 0 Å². The number of likely N-dealkylation sites (tertiary alicyclic amines) is 1. The van der Waals surface area contributed by atoms with Gasteiger partial charge in [0.15, 0.2) is 0 Å². The van der Waals surface area contributed by atoms with Crippen molar-refractivity contribution in [3.8, 4) is 0 Å². The molecule has 0 aromatic carbocycles. The highest BCUT2D eigenvalue weighted by Gasteiger charge is 2.51. The fraction of sp³-hybridized carbons (Fsp3) is 0.923. The average molecular weight is 278 g/mol. The molecule has 0 radical (unpaired) electrons. The van der Waals surface area contributed by atoms with Gasteiger partial charge in [-0.1, -0.05) is 0 Å². The fourth-order valence-corrected chi connectivity index (χ4v) is 2.73. The van der Waals surface area contributed by atoms with Gasteiger partial charge >= 0.3 is 0 Å². The maximum atomic E-state index is 13.9. The molecule has 1 amide bonds. The first-order chi connectivity index (χ1) is 8.57. The van der Waals surface area contributed by atoms with E-state index < -0.39 is 36.9 Å². The molecule has 3 nitrogen and oxygen atoms in total. The van der Waals surface area contributed by atoms with E-state index in [0.29, 0.717) is 0 Å². The lowest BCUT2D eigenvalue weighted by Gasteiger charge is -2.36. The lowest BCUT2D eigenvalue weighted by atomic mass is 9.80. The Morgan fingerprint density at radius 3 is 2.32 bits per heavy atom. The van der Waals surface area contributed by atoms with Crippen molar-refractivity contribution in [1.29, 1.82) is 0 Å². The third kappa shape index (κ3) is 3.41. The second-order valence-electron chi connectivity index (χ2n) is 6.72. The Morgan fingerprint density at radius 2 is 1.84 bits per heavy atom. The van der Waals surface area contributed by atoms with E-state index in [9.17, 15) is 18.0 Å². The molecule has 110 valence electrons. The molecule has 0 unspecified atom stereocenters. The highest BCUT2D eigenvalue weighted by Crippen LogP contribution is 2.43. The van der Waals surface area contributed by atoms with Gasteiger partial charge in [-0.05, 0) is 20.8 Å². The predicted molar refractivity (Wildman–Crippen MR) is 65.8 cm³/mol.